The fraction of sp³-hybridized carbons (Fsp3) is 0.846. The van der Waals surface area contributed by atoms with Crippen molar-refractivity contribution < 1.29 is 9.53 Å². The smallest absolute Gasteiger partial charge is 0.410 e. The first-order valence-corrected chi connectivity index (χ1v) is 6.99. The average molecular weight is 270 g/mol. The first-order valence-electron chi connectivity index (χ1n) is 6.99. The van der Waals surface area contributed by atoms with E-state index in [4.69, 9.17) is 15.9 Å². The Morgan fingerprint density at radius 3 is 2.32 bits per heavy atom. The monoisotopic (exact) mass is 270 g/mol. The van der Waals surface area contributed by atoms with E-state index < -0.39 is 0 Å². The summed E-state index contributed by atoms with van der Waals surface area (Å²) in [6.45, 7) is 8.56. The number of nitrogens with one attached hydrogen (secondary N) is 1. The molecule has 6 heteroatoms. The van der Waals surface area contributed by atoms with E-state index in [-0.39, 0.29) is 24.1 Å². The molecular weight excluding hydrogens is 244 g/mol. The van der Waals surface area contributed by atoms with E-state index in [0.717, 1.165) is 25.9 Å². The minimum absolute atomic E-state index is 0.00766. The number of hydrogen-bond donors (Lipinski definition) is 2. The van der Waals surface area contributed by atoms with Crippen molar-refractivity contribution in [2.45, 2.75) is 45.8 Å². The number of carbonyl (C=O) groups excluding carboxylic acids is 1. The second kappa shape index (κ2) is 7.33. The molecular formula is C13H26N4O2. The molecule has 0 aromatic heterocycles. The molecule has 0 aromatic rings. The molecule has 1 saturated heterocycles. The Balaban J connectivity index is 2.47. The summed E-state index contributed by atoms with van der Waals surface area (Å²) in [6.07, 6.45) is 1.56. The van der Waals surface area contributed by atoms with Gasteiger partial charge in [-0.05, 0) is 20.3 Å². The topological polar surface area (TPSA) is 82.7 Å². The van der Waals surface area contributed by atoms with E-state index in [1.807, 2.05) is 13.8 Å². The lowest BCUT2D eigenvalue weighted by atomic mass is 10.1. The van der Waals surface area contributed by atoms with Gasteiger partial charge in [-0.1, -0.05) is 13.3 Å². The van der Waals surface area contributed by atoms with Crippen LogP contribution in [0, 0.1) is 5.41 Å². The maximum atomic E-state index is 11.8. The number of nitrogens with zero attached hydrogens (tertiary/aromatic N) is 2. The van der Waals surface area contributed by atoms with Crippen LogP contribution in [0.2, 0.25) is 0 Å². The zero-order valence-corrected chi connectivity index (χ0v) is 12.2. The lowest BCUT2D eigenvalue weighted by molar-refractivity contribution is 0.0530. The number of hydrogen-bond acceptors (Lipinski definition) is 4. The minimum Gasteiger partial charge on any atom is -0.447 e. The molecule has 0 aliphatic carbocycles. The molecule has 3 N–H and O–H groups in total. The standard InChI is InChI=1S/C13H26N4O2/c1-4-5-11(12(14)15)16-6-8-17(9-7-16)13(18)19-10(2)3/h10-11H,4-9H2,1-3H3,(H3,14,15). The van der Waals surface area contributed by atoms with Crippen molar-refractivity contribution in [3.8, 4) is 0 Å². The van der Waals surface area contributed by atoms with Crippen molar-refractivity contribution in [3.63, 3.8) is 0 Å². The normalized spacial score (nSPS) is 18.4. The number of amides is 1. The summed E-state index contributed by atoms with van der Waals surface area (Å²) in [5.74, 6) is 0.222. The second-order valence-electron chi connectivity index (χ2n) is 5.22. The van der Waals surface area contributed by atoms with Crippen molar-refractivity contribution in [1.29, 1.82) is 5.41 Å². The highest BCUT2D eigenvalue weighted by Gasteiger charge is 2.27. The van der Waals surface area contributed by atoms with Crippen LogP contribution in [0.3, 0.4) is 0 Å². The van der Waals surface area contributed by atoms with Gasteiger partial charge in [0.1, 0.15) is 5.84 Å². The molecule has 1 unspecified atom stereocenters. The fourth-order valence-corrected chi connectivity index (χ4v) is 2.30. The summed E-state index contributed by atoms with van der Waals surface area (Å²) in [4.78, 5) is 15.7. The van der Waals surface area contributed by atoms with E-state index >= 15 is 0 Å². The van der Waals surface area contributed by atoms with Gasteiger partial charge in [0.2, 0.25) is 0 Å². The summed E-state index contributed by atoms with van der Waals surface area (Å²) in [5, 5.41) is 7.65. The fourth-order valence-electron chi connectivity index (χ4n) is 2.30. The van der Waals surface area contributed by atoms with E-state index in [1.165, 1.54) is 0 Å². The van der Waals surface area contributed by atoms with Gasteiger partial charge in [0.25, 0.3) is 0 Å². The molecule has 0 spiro atoms. The van der Waals surface area contributed by atoms with Gasteiger partial charge in [-0.3, -0.25) is 10.3 Å². The quantitative estimate of drug-likeness (QED) is 0.582. The van der Waals surface area contributed by atoms with Crippen molar-refractivity contribution in [2.75, 3.05) is 26.2 Å². The average Bonchev–Trinajstić information content (AvgIpc) is 2.35. The summed E-state index contributed by atoms with van der Waals surface area (Å²) < 4.78 is 5.18. The molecule has 0 bridgehead atoms. The first-order chi connectivity index (χ1) is 8.95. The van der Waals surface area contributed by atoms with Gasteiger partial charge in [-0.15, -0.1) is 0 Å². The highest BCUT2D eigenvalue weighted by atomic mass is 16.6. The van der Waals surface area contributed by atoms with Gasteiger partial charge in [-0.2, -0.15) is 0 Å². The maximum Gasteiger partial charge on any atom is 0.410 e. The van der Waals surface area contributed by atoms with Crippen molar-refractivity contribution in [2.24, 2.45) is 5.73 Å². The van der Waals surface area contributed by atoms with Gasteiger partial charge in [-0.25, -0.2) is 4.79 Å². The highest BCUT2D eigenvalue weighted by Crippen LogP contribution is 2.12. The van der Waals surface area contributed by atoms with Crippen LogP contribution in [0.4, 0.5) is 4.79 Å². The van der Waals surface area contributed by atoms with Crippen LogP contribution in [0.15, 0.2) is 0 Å². The van der Waals surface area contributed by atoms with Gasteiger partial charge in [0, 0.05) is 26.2 Å². The summed E-state index contributed by atoms with van der Waals surface area (Å²) in [7, 11) is 0. The molecule has 0 radical (unpaired) electrons. The number of rotatable bonds is 5. The lowest BCUT2D eigenvalue weighted by Gasteiger charge is -2.38. The van der Waals surface area contributed by atoms with E-state index in [0.29, 0.717) is 13.1 Å². The molecule has 0 aromatic carbocycles. The third kappa shape index (κ3) is 4.70. The summed E-state index contributed by atoms with van der Waals surface area (Å²) in [6, 6.07) is 0.00766. The zero-order valence-electron chi connectivity index (χ0n) is 12.2. The number of piperazine rings is 1. The Morgan fingerprint density at radius 1 is 1.32 bits per heavy atom. The van der Waals surface area contributed by atoms with Crippen LogP contribution in [0.25, 0.3) is 0 Å². The van der Waals surface area contributed by atoms with Gasteiger partial charge in [0.05, 0.1) is 12.1 Å². The summed E-state index contributed by atoms with van der Waals surface area (Å²) in [5.41, 5.74) is 5.65. The predicted molar refractivity (Wildman–Crippen MR) is 75.4 cm³/mol. The molecule has 19 heavy (non-hydrogen) atoms. The van der Waals surface area contributed by atoms with E-state index in [9.17, 15) is 4.79 Å². The first kappa shape index (κ1) is 15.8. The predicted octanol–water partition coefficient (Wildman–Crippen LogP) is 1.25. The molecule has 1 amide bonds. The third-order valence-corrected chi connectivity index (χ3v) is 3.27. The highest BCUT2D eigenvalue weighted by molar-refractivity contribution is 5.82. The van der Waals surface area contributed by atoms with Crippen molar-refractivity contribution in [1.82, 2.24) is 9.80 Å². The maximum absolute atomic E-state index is 11.8. The van der Waals surface area contributed by atoms with Crippen LogP contribution >= 0.6 is 0 Å². The Labute approximate surface area is 115 Å². The Kier molecular flexibility index (Phi) is 6.08. The molecule has 1 aliphatic rings. The minimum atomic E-state index is -0.246. The Bertz CT molecular complexity index is 312. The Hall–Kier alpha value is -1.30. The van der Waals surface area contributed by atoms with E-state index in [2.05, 4.69) is 11.8 Å². The van der Waals surface area contributed by atoms with Crippen molar-refractivity contribution in [3.05, 3.63) is 0 Å². The number of nitrogens with two attached hydrogens (primary N) is 1. The van der Waals surface area contributed by atoms with Crippen LogP contribution < -0.4 is 5.73 Å². The van der Waals surface area contributed by atoms with Crippen LogP contribution in [-0.4, -0.2) is 60.1 Å². The SMILES string of the molecule is CCCC(C(=N)N)N1CCN(C(=O)OC(C)C)CC1. The second-order valence-corrected chi connectivity index (χ2v) is 5.22. The largest absolute Gasteiger partial charge is 0.447 e. The van der Waals surface area contributed by atoms with Gasteiger partial charge in [0.15, 0.2) is 0 Å². The molecule has 1 heterocycles. The lowest BCUT2D eigenvalue weighted by Crippen LogP contribution is -2.55. The molecule has 110 valence electrons. The number of amidine groups is 1. The van der Waals surface area contributed by atoms with Crippen LogP contribution in [0.5, 0.6) is 0 Å². The summed E-state index contributed by atoms with van der Waals surface area (Å²) >= 11 is 0. The zero-order chi connectivity index (χ0) is 14.4. The molecule has 1 atom stereocenters. The van der Waals surface area contributed by atoms with Gasteiger partial charge >= 0.3 is 6.09 Å². The van der Waals surface area contributed by atoms with Crippen LogP contribution in [-0.2, 0) is 4.74 Å². The third-order valence-electron chi connectivity index (χ3n) is 3.27. The molecule has 0 saturated carbocycles. The molecule has 1 aliphatic heterocycles. The van der Waals surface area contributed by atoms with Crippen LogP contribution in [0.1, 0.15) is 33.6 Å². The Morgan fingerprint density at radius 2 is 1.89 bits per heavy atom. The molecule has 1 fully saturated rings. The molecule has 1 rings (SSSR count). The molecule has 6 nitrogen and oxygen atoms in total. The number of carbonyl (C=O) groups is 1. The van der Waals surface area contributed by atoms with E-state index in [1.54, 1.807) is 4.90 Å². The van der Waals surface area contributed by atoms with Crippen molar-refractivity contribution >= 4 is 11.9 Å². The number of ether oxygens (including phenoxy) is 1. The van der Waals surface area contributed by atoms with Gasteiger partial charge < -0.3 is 15.4 Å².